The molecule has 0 bridgehead atoms. The van der Waals surface area contributed by atoms with Crippen molar-refractivity contribution in [3.63, 3.8) is 0 Å². The van der Waals surface area contributed by atoms with Gasteiger partial charge in [-0.25, -0.2) is 4.39 Å². The Kier molecular flexibility index (Phi) is 4.73. The van der Waals surface area contributed by atoms with Crippen LogP contribution in [0.3, 0.4) is 0 Å². The zero-order valence-corrected chi connectivity index (χ0v) is 12.4. The zero-order valence-electron chi connectivity index (χ0n) is 10.2. The number of benzene rings is 1. The Morgan fingerprint density at radius 1 is 1.37 bits per heavy atom. The van der Waals surface area contributed by atoms with Crippen LogP contribution in [0.4, 0.5) is 4.39 Å². The van der Waals surface area contributed by atoms with Crippen molar-refractivity contribution in [3.8, 4) is 0 Å². The van der Waals surface area contributed by atoms with Crippen molar-refractivity contribution in [3.05, 3.63) is 33.1 Å². The van der Waals surface area contributed by atoms with E-state index in [0.717, 1.165) is 12.8 Å². The van der Waals surface area contributed by atoms with Crippen LogP contribution in [0.2, 0.25) is 0 Å². The lowest BCUT2D eigenvalue weighted by Crippen LogP contribution is -2.31. The minimum absolute atomic E-state index is 0.0448. The molecule has 0 saturated heterocycles. The van der Waals surface area contributed by atoms with E-state index in [1.165, 1.54) is 18.2 Å². The molecule has 1 saturated carbocycles. The summed E-state index contributed by atoms with van der Waals surface area (Å²) in [5.41, 5.74) is 0.421. The monoisotopic (exact) mass is 376 g/mol. The average molecular weight is 376 g/mol. The maximum Gasteiger partial charge on any atom is 0.252 e. The zero-order chi connectivity index (χ0) is 13.8. The Hall–Kier alpha value is -1.18. The minimum atomic E-state index is -0.371. The van der Waals surface area contributed by atoms with Crippen LogP contribution in [0.15, 0.2) is 18.2 Å². The summed E-state index contributed by atoms with van der Waals surface area (Å²) in [5, 5.41) is 5.50. The normalized spacial score (nSPS) is 14.0. The van der Waals surface area contributed by atoms with Crippen molar-refractivity contribution in [2.45, 2.75) is 25.3 Å². The fraction of sp³-hybridized carbons (Fsp3) is 0.385. The fourth-order valence-electron chi connectivity index (χ4n) is 1.59. The van der Waals surface area contributed by atoms with E-state index in [-0.39, 0.29) is 30.6 Å². The van der Waals surface area contributed by atoms with Crippen molar-refractivity contribution in [2.24, 2.45) is 0 Å². The second kappa shape index (κ2) is 6.31. The van der Waals surface area contributed by atoms with Crippen LogP contribution >= 0.6 is 22.6 Å². The molecule has 2 amide bonds. The van der Waals surface area contributed by atoms with Crippen molar-refractivity contribution in [1.29, 1.82) is 0 Å². The number of nitrogens with one attached hydrogen (secondary N) is 2. The van der Waals surface area contributed by atoms with E-state index in [9.17, 15) is 14.0 Å². The number of hydrogen-bond acceptors (Lipinski definition) is 2. The number of halogens is 2. The molecule has 0 atom stereocenters. The maximum atomic E-state index is 12.9. The molecule has 102 valence electrons. The Morgan fingerprint density at radius 2 is 2.11 bits per heavy atom. The highest BCUT2D eigenvalue weighted by atomic mass is 127. The first-order valence-corrected chi connectivity index (χ1v) is 7.17. The van der Waals surface area contributed by atoms with E-state index in [1.807, 2.05) is 22.6 Å². The Balaban J connectivity index is 1.78. The molecule has 0 unspecified atom stereocenters. The maximum absolute atomic E-state index is 12.9. The lowest BCUT2D eigenvalue weighted by molar-refractivity contribution is -0.121. The molecule has 0 spiro atoms. The molecule has 2 rings (SSSR count). The van der Waals surface area contributed by atoms with Gasteiger partial charge < -0.3 is 10.6 Å². The Labute approximate surface area is 124 Å². The highest BCUT2D eigenvalue weighted by Gasteiger charge is 2.22. The van der Waals surface area contributed by atoms with Crippen LogP contribution in [0, 0.1) is 9.39 Å². The summed E-state index contributed by atoms with van der Waals surface area (Å²) in [6.07, 6.45) is 2.36. The van der Waals surface area contributed by atoms with Crippen LogP contribution < -0.4 is 10.6 Å². The first-order valence-electron chi connectivity index (χ1n) is 6.09. The van der Waals surface area contributed by atoms with Gasteiger partial charge in [0.15, 0.2) is 0 Å². The van der Waals surface area contributed by atoms with Crippen LogP contribution in [0.1, 0.15) is 29.6 Å². The smallest absolute Gasteiger partial charge is 0.252 e. The largest absolute Gasteiger partial charge is 0.353 e. The number of rotatable bonds is 5. The van der Waals surface area contributed by atoms with Gasteiger partial charge in [-0.15, -0.1) is 0 Å². The van der Waals surface area contributed by atoms with E-state index in [0.29, 0.717) is 15.2 Å². The van der Waals surface area contributed by atoms with E-state index in [4.69, 9.17) is 0 Å². The third-order valence-corrected chi connectivity index (χ3v) is 3.65. The van der Waals surface area contributed by atoms with E-state index >= 15 is 0 Å². The van der Waals surface area contributed by atoms with Gasteiger partial charge in [0.2, 0.25) is 5.91 Å². The van der Waals surface area contributed by atoms with Gasteiger partial charge >= 0.3 is 0 Å². The molecule has 0 radical (unpaired) electrons. The highest BCUT2D eigenvalue weighted by molar-refractivity contribution is 14.1. The molecule has 6 heteroatoms. The van der Waals surface area contributed by atoms with Gasteiger partial charge in [-0.2, -0.15) is 0 Å². The molecule has 4 nitrogen and oxygen atoms in total. The summed E-state index contributed by atoms with van der Waals surface area (Å²) in [5.74, 6) is -0.704. The molecule has 1 fully saturated rings. The van der Waals surface area contributed by atoms with Crippen LogP contribution in [-0.4, -0.2) is 24.4 Å². The number of carbonyl (C=O) groups excluding carboxylic acids is 2. The van der Waals surface area contributed by atoms with Crippen LogP contribution in [-0.2, 0) is 4.79 Å². The molecular formula is C13H14FIN2O2. The van der Waals surface area contributed by atoms with Gasteiger partial charge in [0.1, 0.15) is 5.82 Å². The predicted molar refractivity (Wildman–Crippen MR) is 77.2 cm³/mol. The van der Waals surface area contributed by atoms with Crippen molar-refractivity contribution in [1.82, 2.24) is 10.6 Å². The summed E-state index contributed by atoms with van der Waals surface area (Å²) >= 11 is 1.91. The Bertz CT molecular complexity index is 503. The van der Waals surface area contributed by atoms with E-state index < -0.39 is 0 Å². The summed E-state index contributed by atoms with van der Waals surface area (Å²) in [6.45, 7) is 0.283. The van der Waals surface area contributed by atoms with Gasteiger partial charge in [0.25, 0.3) is 5.91 Å². The molecule has 1 aromatic carbocycles. The summed E-state index contributed by atoms with van der Waals surface area (Å²) in [6, 6.07) is 4.32. The average Bonchev–Trinajstić information content (AvgIpc) is 3.12. The number of hydrogen-bond donors (Lipinski definition) is 2. The molecule has 1 aromatic rings. The van der Waals surface area contributed by atoms with Crippen LogP contribution in [0.5, 0.6) is 0 Å². The van der Waals surface area contributed by atoms with Gasteiger partial charge in [-0.05, 0) is 53.6 Å². The Morgan fingerprint density at radius 3 is 2.74 bits per heavy atom. The standard InChI is InChI=1S/C13H14FIN2O2/c14-8-1-4-10(11(15)7-8)13(19)16-6-5-12(18)17-9-2-3-9/h1,4,7,9H,2-3,5-6H2,(H,16,19)(H,17,18). The summed E-state index contributed by atoms with van der Waals surface area (Å²) in [7, 11) is 0. The molecule has 19 heavy (non-hydrogen) atoms. The second-order valence-corrected chi connectivity index (χ2v) is 5.63. The van der Waals surface area contributed by atoms with Crippen molar-refractivity contribution in [2.75, 3.05) is 6.54 Å². The first kappa shape index (κ1) is 14.2. The van der Waals surface area contributed by atoms with Gasteiger partial charge in [0, 0.05) is 22.6 Å². The molecular weight excluding hydrogens is 362 g/mol. The van der Waals surface area contributed by atoms with E-state index in [1.54, 1.807) is 0 Å². The molecule has 0 aliphatic heterocycles. The summed E-state index contributed by atoms with van der Waals surface area (Å²) < 4.78 is 13.5. The van der Waals surface area contributed by atoms with Crippen molar-refractivity contribution < 1.29 is 14.0 Å². The lowest BCUT2D eigenvalue weighted by atomic mass is 10.2. The fourth-order valence-corrected chi connectivity index (χ4v) is 2.31. The number of amides is 2. The van der Waals surface area contributed by atoms with E-state index in [2.05, 4.69) is 10.6 Å². The molecule has 1 aliphatic rings. The SMILES string of the molecule is O=C(CCNC(=O)c1ccc(F)cc1I)NC1CC1. The van der Waals surface area contributed by atoms with Crippen molar-refractivity contribution >= 4 is 34.4 Å². The second-order valence-electron chi connectivity index (χ2n) is 4.47. The summed E-state index contributed by atoms with van der Waals surface area (Å²) in [4.78, 5) is 23.2. The molecule has 1 aliphatic carbocycles. The predicted octanol–water partition coefficient (Wildman–Crippen LogP) is 1.83. The molecule has 2 N–H and O–H groups in total. The van der Waals surface area contributed by atoms with Gasteiger partial charge in [-0.3, -0.25) is 9.59 Å². The van der Waals surface area contributed by atoms with Crippen LogP contribution in [0.25, 0.3) is 0 Å². The highest BCUT2D eigenvalue weighted by Crippen LogP contribution is 2.18. The quantitative estimate of drug-likeness (QED) is 0.771. The first-order chi connectivity index (χ1) is 9.06. The topological polar surface area (TPSA) is 58.2 Å². The van der Waals surface area contributed by atoms with Gasteiger partial charge in [0.05, 0.1) is 5.56 Å². The number of carbonyl (C=O) groups is 2. The molecule has 0 aromatic heterocycles. The minimum Gasteiger partial charge on any atom is -0.353 e. The van der Waals surface area contributed by atoms with Gasteiger partial charge in [-0.1, -0.05) is 0 Å². The third kappa shape index (κ3) is 4.45. The molecule has 0 heterocycles. The lowest BCUT2D eigenvalue weighted by Gasteiger charge is -2.07. The third-order valence-electron chi connectivity index (χ3n) is 2.76.